The summed E-state index contributed by atoms with van der Waals surface area (Å²) in [6, 6.07) is 6.61. The second-order valence-corrected chi connectivity index (χ2v) is 6.13. The summed E-state index contributed by atoms with van der Waals surface area (Å²) in [6.07, 6.45) is 4.26. The summed E-state index contributed by atoms with van der Waals surface area (Å²) in [5.41, 5.74) is 1.10. The molecule has 0 saturated carbocycles. The zero-order valence-electron chi connectivity index (χ0n) is 15.5. The average molecular weight is 479 g/mol. The monoisotopic (exact) mass is 479 g/mol. The topological polar surface area (TPSA) is 54.9 Å². The number of hydrogen-bond donors (Lipinski definition) is 2. The highest BCUT2D eigenvalue weighted by atomic mass is 127. The van der Waals surface area contributed by atoms with Crippen LogP contribution in [0.5, 0.6) is 0 Å². The molecule has 0 spiro atoms. The van der Waals surface area contributed by atoms with E-state index < -0.39 is 0 Å². The van der Waals surface area contributed by atoms with Gasteiger partial charge in [0.1, 0.15) is 5.82 Å². The third-order valence-corrected chi connectivity index (χ3v) is 4.01. The average Bonchev–Trinajstić information content (AvgIpc) is 3.13. The fourth-order valence-electron chi connectivity index (χ4n) is 2.67. The summed E-state index contributed by atoms with van der Waals surface area (Å²) in [4.78, 5) is 4.55. The zero-order chi connectivity index (χ0) is 17.7. The predicted molar refractivity (Wildman–Crippen MR) is 114 cm³/mol. The van der Waals surface area contributed by atoms with Gasteiger partial charge in [-0.1, -0.05) is 12.1 Å². The molecule has 1 saturated heterocycles. The van der Waals surface area contributed by atoms with Gasteiger partial charge in [0, 0.05) is 32.8 Å². The first-order valence-corrected chi connectivity index (χ1v) is 9.24. The SMILES string of the molecule is CCNC(=NCCCOCC1CCCO1)NCCc1ccc(F)cc1.I. The normalized spacial score (nSPS) is 17.0. The van der Waals surface area contributed by atoms with Gasteiger partial charge in [0.2, 0.25) is 0 Å². The maximum absolute atomic E-state index is 12.9. The van der Waals surface area contributed by atoms with E-state index in [0.29, 0.717) is 13.2 Å². The van der Waals surface area contributed by atoms with Crippen molar-refractivity contribution in [3.05, 3.63) is 35.6 Å². The number of guanidine groups is 1. The molecule has 1 aromatic rings. The zero-order valence-corrected chi connectivity index (χ0v) is 17.8. The van der Waals surface area contributed by atoms with E-state index in [-0.39, 0.29) is 35.9 Å². The summed E-state index contributed by atoms with van der Waals surface area (Å²) >= 11 is 0. The van der Waals surface area contributed by atoms with E-state index in [9.17, 15) is 4.39 Å². The Morgan fingerprint density at radius 3 is 2.81 bits per heavy atom. The lowest BCUT2D eigenvalue weighted by Gasteiger charge is -2.12. The van der Waals surface area contributed by atoms with E-state index in [0.717, 1.165) is 63.4 Å². The van der Waals surface area contributed by atoms with Crippen molar-refractivity contribution in [1.29, 1.82) is 0 Å². The minimum Gasteiger partial charge on any atom is -0.379 e. The molecule has 1 heterocycles. The van der Waals surface area contributed by atoms with Crippen LogP contribution < -0.4 is 10.6 Å². The Hall–Kier alpha value is -0.930. The third-order valence-electron chi connectivity index (χ3n) is 4.01. The highest BCUT2D eigenvalue weighted by Crippen LogP contribution is 2.11. The molecule has 0 aromatic heterocycles. The quantitative estimate of drug-likeness (QED) is 0.235. The fourth-order valence-corrected chi connectivity index (χ4v) is 2.67. The van der Waals surface area contributed by atoms with Crippen LogP contribution in [0.2, 0.25) is 0 Å². The summed E-state index contributed by atoms with van der Waals surface area (Å²) in [5.74, 6) is 0.608. The first-order valence-electron chi connectivity index (χ1n) is 9.24. The highest BCUT2D eigenvalue weighted by molar-refractivity contribution is 14.0. The number of nitrogens with zero attached hydrogens (tertiary/aromatic N) is 1. The Balaban J connectivity index is 0.00000338. The Morgan fingerprint density at radius 2 is 2.12 bits per heavy atom. The fraction of sp³-hybridized carbons (Fsp3) is 0.632. The molecule has 5 nitrogen and oxygen atoms in total. The van der Waals surface area contributed by atoms with Crippen molar-refractivity contribution in [2.45, 2.75) is 38.7 Å². The molecule has 2 rings (SSSR count). The Labute approximate surface area is 173 Å². The molecule has 0 bridgehead atoms. The van der Waals surface area contributed by atoms with Gasteiger partial charge in [-0.05, 0) is 50.3 Å². The van der Waals surface area contributed by atoms with Gasteiger partial charge in [-0.25, -0.2) is 4.39 Å². The van der Waals surface area contributed by atoms with Crippen LogP contribution in [0.3, 0.4) is 0 Å². The van der Waals surface area contributed by atoms with Crippen molar-refractivity contribution < 1.29 is 13.9 Å². The molecule has 7 heteroatoms. The van der Waals surface area contributed by atoms with E-state index in [4.69, 9.17) is 9.47 Å². The molecule has 1 aliphatic heterocycles. The van der Waals surface area contributed by atoms with E-state index in [1.165, 1.54) is 12.1 Å². The van der Waals surface area contributed by atoms with Crippen LogP contribution in [-0.2, 0) is 15.9 Å². The molecule has 0 aliphatic carbocycles. The van der Waals surface area contributed by atoms with Crippen molar-refractivity contribution in [2.24, 2.45) is 4.99 Å². The molecule has 0 radical (unpaired) electrons. The molecular formula is C19H31FIN3O2. The van der Waals surface area contributed by atoms with Crippen molar-refractivity contribution in [2.75, 3.05) is 39.5 Å². The minimum atomic E-state index is -0.201. The molecule has 1 atom stereocenters. The van der Waals surface area contributed by atoms with Crippen LogP contribution in [0.15, 0.2) is 29.3 Å². The molecule has 2 N–H and O–H groups in total. The number of ether oxygens (including phenoxy) is 2. The Morgan fingerprint density at radius 1 is 1.31 bits per heavy atom. The molecule has 1 fully saturated rings. The van der Waals surface area contributed by atoms with Crippen molar-refractivity contribution in [3.63, 3.8) is 0 Å². The van der Waals surface area contributed by atoms with Crippen LogP contribution in [0.1, 0.15) is 31.7 Å². The number of hydrogen-bond acceptors (Lipinski definition) is 3. The number of nitrogens with one attached hydrogen (secondary N) is 2. The molecular weight excluding hydrogens is 448 g/mol. The lowest BCUT2D eigenvalue weighted by atomic mass is 10.1. The van der Waals surface area contributed by atoms with Gasteiger partial charge in [-0.15, -0.1) is 24.0 Å². The second-order valence-electron chi connectivity index (χ2n) is 6.13. The standard InChI is InChI=1S/C19H30FN3O2.HI/c1-2-21-19(23-12-10-16-6-8-17(20)9-7-16)22-11-4-13-24-15-18-5-3-14-25-18;/h6-9,18H,2-5,10-15H2,1H3,(H2,21,22,23);1H. The van der Waals surface area contributed by atoms with Gasteiger partial charge in [0.15, 0.2) is 5.96 Å². The summed E-state index contributed by atoms with van der Waals surface area (Å²) in [5, 5.41) is 6.54. The van der Waals surface area contributed by atoms with Gasteiger partial charge >= 0.3 is 0 Å². The first-order chi connectivity index (χ1) is 12.3. The molecule has 1 unspecified atom stereocenters. The molecule has 1 aliphatic rings. The van der Waals surface area contributed by atoms with Crippen LogP contribution >= 0.6 is 24.0 Å². The van der Waals surface area contributed by atoms with E-state index in [1.807, 2.05) is 19.1 Å². The Bertz CT molecular complexity index is 508. The van der Waals surface area contributed by atoms with Crippen molar-refractivity contribution >= 4 is 29.9 Å². The highest BCUT2D eigenvalue weighted by Gasteiger charge is 2.14. The maximum Gasteiger partial charge on any atom is 0.191 e. The Kier molecular flexibility index (Phi) is 12.6. The van der Waals surface area contributed by atoms with Crippen LogP contribution in [-0.4, -0.2) is 51.5 Å². The minimum absolute atomic E-state index is 0. The van der Waals surface area contributed by atoms with Gasteiger partial charge in [0.25, 0.3) is 0 Å². The smallest absolute Gasteiger partial charge is 0.191 e. The number of rotatable bonds is 10. The second kappa shape index (κ2) is 14.2. The number of halogens is 2. The van der Waals surface area contributed by atoms with Gasteiger partial charge in [-0.3, -0.25) is 4.99 Å². The van der Waals surface area contributed by atoms with Crippen LogP contribution in [0.4, 0.5) is 4.39 Å². The lowest BCUT2D eigenvalue weighted by Crippen LogP contribution is -2.38. The largest absolute Gasteiger partial charge is 0.379 e. The molecule has 1 aromatic carbocycles. The summed E-state index contributed by atoms with van der Waals surface area (Å²) in [6.45, 7) is 6.61. The van der Waals surface area contributed by atoms with Crippen molar-refractivity contribution in [1.82, 2.24) is 10.6 Å². The third kappa shape index (κ3) is 9.68. The van der Waals surface area contributed by atoms with Gasteiger partial charge in [0.05, 0.1) is 12.7 Å². The molecule has 26 heavy (non-hydrogen) atoms. The van der Waals surface area contributed by atoms with Crippen LogP contribution in [0, 0.1) is 5.82 Å². The summed E-state index contributed by atoms with van der Waals surface area (Å²) < 4.78 is 24.1. The predicted octanol–water partition coefficient (Wildman–Crippen LogP) is 3.13. The summed E-state index contributed by atoms with van der Waals surface area (Å²) in [7, 11) is 0. The first kappa shape index (κ1) is 23.1. The molecule has 148 valence electrons. The van der Waals surface area contributed by atoms with E-state index in [1.54, 1.807) is 0 Å². The van der Waals surface area contributed by atoms with Crippen molar-refractivity contribution in [3.8, 4) is 0 Å². The number of aliphatic imine (C=N–C) groups is 1. The van der Waals surface area contributed by atoms with E-state index >= 15 is 0 Å². The van der Waals surface area contributed by atoms with Crippen LogP contribution in [0.25, 0.3) is 0 Å². The lowest BCUT2D eigenvalue weighted by molar-refractivity contribution is 0.0171. The molecule has 0 amide bonds. The maximum atomic E-state index is 12.9. The van der Waals surface area contributed by atoms with E-state index in [2.05, 4.69) is 15.6 Å². The van der Waals surface area contributed by atoms with Gasteiger partial charge < -0.3 is 20.1 Å². The van der Waals surface area contributed by atoms with Gasteiger partial charge in [-0.2, -0.15) is 0 Å². The number of benzene rings is 1.